The summed E-state index contributed by atoms with van der Waals surface area (Å²) in [5.74, 6) is -0.00997. The summed E-state index contributed by atoms with van der Waals surface area (Å²) in [5, 5.41) is 23.4. The van der Waals surface area contributed by atoms with Crippen molar-refractivity contribution in [3.8, 4) is 0 Å². The van der Waals surface area contributed by atoms with Crippen LogP contribution in [-0.2, 0) is 14.3 Å². The van der Waals surface area contributed by atoms with Crippen molar-refractivity contribution >= 4 is 11.9 Å². The lowest BCUT2D eigenvalue weighted by atomic mass is 10.0. The van der Waals surface area contributed by atoms with E-state index in [0.29, 0.717) is 25.9 Å². The van der Waals surface area contributed by atoms with Gasteiger partial charge in [-0.25, -0.2) is 0 Å². The SMILES string of the molecule is CCCCC/C=C\C/C=C\CCCCCCCCCCCC(=O)OCCCCCCCCCCCCCCCCCCCCCCCCCCCCCCCC(=O)NC(CO)C(O)CCCCCCCCCCCCCCCCCCCCC. The number of nitrogens with one attached hydrogen (secondary N) is 1. The van der Waals surface area contributed by atoms with Gasteiger partial charge in [-0.15, -0.1) is 0 Å². The third-order valence-electron chi connectivity index (χ3n) is 18.3. The molecular formula is C78H151NO5. The highest BCUT2D eigenvalue weighted by molar-refractivity contribution is 5.76. The molecule has 84 heavy (non-hydrogen) atoms. The van der Waals surface area contributed by atoms with Gasteiger partial charge >= 0.3 is 5.97 Å². The maximum Gasteiger partial charge on any atom is 0.305 e. The molecule has 0 fully saturated rings. The molecule has 1 amide bonds. The second-order valence-corrected chi connectivity index (χ2v) is 26.7. The fraction of sp³-hybridized carbons (Fsp3) is 0.923. The number of aliphatic hydroxyl groups is 2. The second kappa shape index (κ2) is 73.8. The molecule has 0 spiro atoms. The third-order valence-corrected chi connectivity index (χ3v) is 18.3. The molecule has 0 aliphatic rings. The minimum atomic E-state index is -0.662. The van der Waals surface area contributed by atoms with Crippen LogP contribution in [0.25, 0.3) is 0 Å². The monoisotopic (exact) mass is 1180 g/mol. The van der Waals surface area contributed by atoms with Gasteiger partial charge in [0.25, 0.3) is 0 Å². The van der Waals surface area contributed by atoms with E-state index in [1.807, 2.05) is 0 Å². The zero-order valence-electron chi connectivity index (χ0n) is 57.2. The van der Waals surface area contributed by atoms with Crippen LogP contribution in [0.5, 0.6) is 0 Å². The first-order valence-corrected chi connectivity index (χ1v) is 38.6. The Hall–Kier alpha value is -1.66. The molecule has 0 aromatic carbocycles. The van der Waals surface area contributed by atoms with Crippen LogP contribution in [0.15, 0.2) is 24.3 Å². The summed E-state index contributed by atoms with van der Waals surface area (Å²) in [6.07, 6.45) is 94.0. The molecule has 0 aliphatic heterocycles. The lowest BCUT2D eigenvalue weighted by Crippen LogP contribution is -2.45. The Balaban J connectivity index is 3.33. The van der Waals surface area contributed by atoms with E-state index in [9.17, 15) is 19.8 Å². The molecule has 0 radical (unpaired) electrons. The minimum absolute atomic E-state index is 0.0167. The van der Waals surface area contributed by atoms with E-state index in [2.05, 4.69) is 43.5 Å². The van der Waals surface area contributed by atoms with Gasteiger partial charge in [0.1, 0.15) is 0 Å². The van der Waals surface area contributed by atoms with Crippen LogP contribution in [0.1, 0.15) is 438 Å². The number of hydrogen-bond donors (Lipinski definition) is 3. The topological polar surface area (TPSA) is 95.9 Å². The predicted molar refractivity (Wildman–Crippen MR) is 370 cm³/mol. The number of esters is 1. The smallest absolute Gasteiger partial charge is 0.305 e. The van der Waals surface area contributed by atoms with Crippen molar-refractivity contribution in [2.75, 3.05) is 13.2 Å². The minimum Gasteiger partial charge on any atom is -0.466 e. The van der Waals surface area contributed by atoms with Gasteiger partial charge in [0, 0.05) is 12.8 Å². The Bertz CT molecular complexity index is 1320. The second-order valence-electron chi connectivity index (χ2n) is 26.7. The molecule has 0 saturated carbocycles. The molecule has 6 nitrogen and oxygen atoms in total. The summed E-state index contributed by atoms with van der Waals surface area (Å²) >= 11 is 0. The number of hydrogen-bond acceptors (Lipinski definition) is 5. The lowest BCUT2D eigenvalue weighted by Gasteiger charge is -2.22. The van der Waals surface area contributed by atoms with Gasteiger partial charge in [0.05, 0.1) is 25.4 Å². The Labute approximate surface area is 526 Å². The number of ether oxygens (including phenoxy) is 1. The number of rotatable bonds is 73. The van der Waals surface area contributed by atoms with E-state index >= 15 is 0 Å². The van der Waals surface area contributed by atoms with E-state index in [4.69, 9.17) is 4.74 Å². The van der Waals surface area contributed by atoms with Crippen LogP contribution in [0.2, 0.25) is 0 Å². The van der Waals surface area contributed by atoms with Gasteiger partial charge in [0.2, 0.25) is 5.91 Å². The molecule has 0 aromatic heterocycles. The van der Waals surface area contributed by atoms with Crippen molar-refractivity contribution in [2.45, 2.75) is 450 Å². The molecule has 0 aromatic rings. The number of amides is 1. The van der Waals surface area contributed by atoms with Gasteiger partial charge in [-0.2, -0.15) is 0 Å². The van der Waals surface area contributed by atoms with Crippen LogP contribution in [0.3, 0.4) is 0 Å². The zero-order chi connectivity index (χ0) is 60.6. The Morgan fingerprint density at radius 2 is 0.595 bits per heavy atom. The van der Waals surface area contributed by atoms with Crippen molar-refractivity contribution in [1.82, 2.24) is 5.32 Å². The van der Waals surface area contributed by atoms with Crippen LogP contribution in [-0.4, -0.2) is 47.4 Å². The Morgan fingerprint density at radius 1 is 0.333 bits per heavy atom. The normalized spacial score (nSPS) is 12.6. The Kier molecular flexibility index (Phi) is 72.3. The quantitative estimate of drug-likeness (QED) is 0.0320. The molecule has 0 rings (SSSR count). The summed E-state index contributed by atoms with van der Waals surface area (Å²) in [6, 6.07) is -0.539. The standard InChI is InChI=1S/C78H151NO5/c1-3-5-7-9-11-13-15-17-19-21-34-38-42-46-50-54-58-62-66-70-76(81)75(74-80)79-77(82)71-67-63-59-55-51-47-43-39-36-32-30-28-26-24-23-25-27-29-31-33-37-41-45-49-53-57-61-65-69-73-84-78(83)72-68-64-60-56-52-48-44-40-35-22-20-18-16-14-12-10-8-6-4-2/h12,14,18,20,75-76,80-81H,3-11,13,15-17,19,21-74H2,1-2H3,(H,79,82)/b14-12-,20-18-. The summed E-state index contributed by atoms with van der Waals surface area (Å²) in [5.41, 5.74) is 0. The van der Waals surface area contributed by atoms with E-state index < -0.39 is 12.1 Å². The van der Waals surface area contributed by atoms with Crippen molar-refractivity contribution < 1.29 is 24.5 Å². The summed E-state index contributed by atoms with van der Waals surface area (Å²) in [4.78, 5) is 24.7. The first-order chi connectivity index (χ1) is 41.5. The van der Waals surface area contributed by atoms with E-state index in [-0.39, 0.29) is 18.5 Å². The molecule has 3 N–H and O–H groups in total. The fourth-order valence-electron chi connectivity index (χ4n) is 12.4. The highest BCUT2D eigenvalue weighted by atomic mass is 16.5. The first kappa shape index (κ1) is 82.3. The van der Waals surface area contributed by atoms with Gasteiger partial charge in [-0.3, -0.25) is 9.59 Å². The van der Waals surface area contributed by atoms with Crippen molar-refractivity contribution in [3.63, 3.8) is 0 Å². The molecule has 0 saturated heterocycles. The van der Waals surface area contributed by atoms with Gasteiger partial charge in [-0.05, 0) is 57.8 Å². The van der Waals surface area contributed by atoms with E-state index in [0.717, 1.165) is 51.4 Å². The van der Waals surface area contributed by atoms with Crippen molar-refractivity contribution in [3.05, 3.63) is 24.3 Å². The third kappa shape index (κ3) is 69.4. The van der Waals surface area contributed by atoms with Crippen LogP contribution < -0.4 is 5.32 Å². The van der Waals surface area contributed by atoms with Crippen LogP contribution in [0.4, 0.5) is 0 Å². The lowest BCUT2D eigenvalue weighted by molar-refractivity contribution is -0.143. The molecule has 0 bridgehead atoms. The number of carbonyl (C=O) groups excluding carboxylic acids is 2. The van der Waals surface area contributed by atoms with Crippen molar-refractivity contribution in [1.29, 1.82) is 0 Å². The largest absolute Gasteiger partial charge is 0.466 e. The van der Waals surface area contributed by atoms with Crippen LogP contribution >= 0.6 is 0 Å². The van der Waals surface area contributed by atoms with Gasteiger partial charge < -0.3 is 20.3 Å². The molecular weight excluding hydrogens is 1030 g/mol. The van der Waals surface area contributed by atoms with E-state index in [1.165, 1.54) is 353 Å². The summed E-state index contributed by atoms with van der Waals surface area (Å²) < 4.78 is 5.51. The van der Waals surface area contributed by atoms with Gasteiger partial charge in [-0.1, -0.05) is 391 Å². The fourth-order valence-corrected chi connectivity index (χ4v) is 12.4. The molecule has 2 unspecified atom stereocenters. The number of aliphatic hydroxyl groups excluding tert-OH is 2. The number of allylic oxidation sites excluding steroid dienone is 4. The predicted octanol–water partition coefficient (Wildman–Crippen LogP) is 25.3. The van der Waals surface area contributed by atoms with E-state index in [1.54, 1.807) is 0 Å². The number of carbonyl (C=O) groups is 2. The maximum atomic E-state index is 12.6. The average molecular weight is 1180 g/mol. The average Bonchev–Trinajstić information content (AvgIpc) is 3.51. The van der Waals surface area contributed by atoms with Crippen LogP contribution in [0, 0.1) is 0 Å². The molecule has 6 heteroatoms. The summed E-state index contributed by atoms with van der Waals surface area (Å²) in [6.45, 7) is 4.98. The Morgan fingerprint density at radius 3 is 0.929 bits per heavy atom. The molecule has 0 aliphatic carbocycles. The maximum absolute atomic E-state index is 12.6. The van der Waals surface area contributed by atoms with Crippen molar-refractivity contribution in [2.24, 2.45) is 0 Å². The highest BCUT2D eigenvalue weighted by Gasteiger charge is 2.20. The molecule has 2 atom stereocenters. The number of unbranched alkanes of at least 4 members (excludes halogenated alkanes) is 58. The summed E-state index contributed by atoms with van der Waals surface area (Å²) in [7, 11) is 0. The molecule has 498 valence electrons. The van der Waals surface area contributed by atoms with Gasteiger partial charge in [0.15, 0.2) is 0 Å². The highest BCUT2D eigenvalue weighted by Crippen LogP contribution is 2.20. The zero-order valence-corrected chi connectivity index (χ0v) is 57.2. The first-order valence-electron chi connectivity index (χ1n) is 38.6. The molecule has 0 heterocycles.